The zero-order chi connectivity index (χ0) is 10.8. The van der Waals surface area contributed by atoms with Crippen molar-refractivity contribution in [3.8, 4) is 0 Å². The molecule has 1 aliphatic heterocycles. The standard InChI is InChI=1S/C11H17N3S/c1-8-9(2)12-11(15-3)13-10(8)14-6-4-5-7-14/h4-7H2,1-3H3. The van der Waals surface area contributed by atoms with E-state index in [-0.39, 0.29) is 0 Å². The smallest absolute Gasteiger partial charge is 0.189 e. The highest BCUT2D eigenvalue weighted by molar-refractivity contribution is 7.98. The lowest BCUT2D eigenvalue weighted by atomic mass is 10.2. The van der Waals surface area contributed by atoms with Crippen molar-refractivity contribution in [3.63, 3.8) is 0 Å². The third kappa shape index (κ3) is 2.09. The molecule has 2 heterocycles. The first-order valence-electron chi connectivity index (χ1n) is 5.36. The molecule has 0 N–H and O–H groups in total. The minimum atomic E-state index is 0.889. The lowest BCUT2D eigenvalue weighted by Crippen LogP contribution is -2.21. The van der Waals surface area contributed by atoms with Crippen LogP contribution in [0.1, 0.15) is 24.1 Å². The van der Waals surface area contributed by atoms with Crippen molar-refractivity contribution in [2.75, 3.05) is 24.2 Å². The fourth-order valence-corrected chi connectivity index (χ4v) is 2.32. The number of aryl methyl sites for hydroxylation is 1. The Morgan fingerprint density at radius 3 is 2.40 bits per heavy atom. The molecule has 0 saturated carbocycles. The Kier molecular flexibility index (Phi) is 3.14. The van der Waals surface area contributed by atoms with E-state index < -0.39 is 0 Å². The summed E-state index contributed by atoms with van der Waals surface area (Å²) in [5.74, 6) is 1.14. The summed E-state index contributed by atoms with van der Waals surface area (Å²) in [6.45, 7) is 6.47. The highest BCUT2D eigenvalue weighted by atomic mass is 32.2. The molecule has 0 aromatic carbocycles. The van der Waals surface area contributed by atoms with E-state index in [9.17, 15) is 0 Å². The molecule has 2 rings (SSSR count). The summed E-state index contributed by atoms with van der Waals surface area (Å²) in [6, 6.07) is 0. The van der Waals surface area contributed by atoms with E-state index in [4.69, 9.17) is 0 Å². The zero-order valence-corrected chi connectivity index (χ0v) is 10.4. The van der Waals surface area contributed by atoms with Crippen LogP contribution in [0, 0.1) is 13.8 Å². The van der Waals surface area contributed by atoms with Crippen LogP contribution in [0.25, 0.3) is 0 Å². The fraction of sp³-hybridized carbons (Fsp3) is 0.636. The zero-order valence-electron chi connectivity index (χ0n) is 9.58. The van der Waals surface area contributed by atoms with Gasteiger partial charge in [-0.2, -0.15) is 0 Å². The maximum atomic E-state index is 4.61. The normalized spacial score (nSPS) is 16.1. The Labute approximate surface area is 95.3 Å². The summed E-state index contributed by atoms with van der Waals surface area (Å²) in [7, 11) is 0. The average molecular weight is 223 g/mol. The summed E-state index contributed by atoms with van der Waals surface area (Å²) in [4.78, 5) is 11.4. The van der Waals surface area contributed by atoms with E-state index in [2.05, 4.69) is 28.7 Å². The summed E-state index contributed by atoms with van der Waals surface area (Å²) in [5.41, 5.74) is 2.34. The maximum Gasteiger partial charge on any atom is 0.189 e. The van der Waals surface area contributed by atoms with Crippen molar-refractivity contribution in [1.82, 2.24) is 9.97 Å². The molecule has 0 aliphatic carbocycles. The second-order valence-electron chi connectivity index (χ2n) is 3.94. The Bertz CT molecular complexity index is 359. The van der Waals surface area contributed by atoms with E-state index in [1.54, 1.807) is 11.8 Å². The van der Waals surface area contributed by atoms with Crippen LogP contribution < -0.4 is 4.90 Å². The van der Waals surface area contributed by atoms with Gasteiger partial charge in [-0.05, 0) is 32.9 Å². The molecule has 0 atom stereocenters. The Balaban J connectivity index is 2.39. The topological polar surface area (TPSA) is 29.0 Å². The molecule has 3 nitrogen and oxygen atoms in total. The van der Waals surface area contributed by atoms with Crippen LogP contribution in [0.2, 0.25) is 0 Å². The van der Waals surface area contributed by atoms with Crippen molar-refractivity contribution >= 4 is 17.6 Å². The molecule has 1 fully saturated rings. The SMILES string of the molecule is CSc1nc(C)c(C)c(N2CCCC2)n1. The molecule has 82 valence electrons. The molecule has 1 aromatic heterocycles. The fourth-order valence-electron chi connectivity index (χ4n) is 1.92. The van der Waals surface area contributed by atoms with Crippen LogP contribution in [0.15, 0.2) is 5.16 Å². The van der Waals surface area contributed by atoms with Crippen LogP contribution in [-0.2, 0) is 0 Å². The predicted octanol–water partition coefficient (Wildman–Crippen LogP) is 2.42. The second kappa shape index (κ2) is 4.39. The van der Waals surface area contributed by atoms with E-state index in [1.165, 1.54) is 18.4 Å². The molecule has 0 radical (unpaired) electrons. The first kappa shape index (κ1) is 10.7. The van der Waals surface area contributed by atoms with E-state index in [1.807, 2.05) is 6.26 Å². The van der Waals surface area contributed by atoms with E-state index >= 15 is 0 Å². The van der Waals surface area contributed by atoms with Gasteiger partial charge in [-0.15, -0.1) is 0 Å². The van der Waals surface area contributed by atoms with Gasteiger partial charge in [0.05, 0.1) is 0 Å². The average Bonchev–Trinajstić information content (AvgIpc) is 2.75. The van der Waals surface area contributed by atoms with Crippen molar-refractivity contribution in [1.29, 1.82) is 0 Å². The van der Waals surface area contributed by atoms with Gasteiger partial charge < -0.3 is 4.90 Å². The number of nitrogens with zero attached hydrogens (tertiary/aromatic N) is 3. The quantitative estimate of drug-likeness (QED) is 0.569. The third-order valence-electron chi connectivity index (χ3n) is 2.93. The lowest BCUT2D eigenvalue weighted by molar-refractivity contribution is 0.849. The molecule has 0 spiro atoms. The van der Waals surface area contributed by atoms with Gasteiger partial charge in [-0.1, -0.05) is 11.8 Å². The minimum Gasteiger partial charge on any atom is -0.356 e. The Morgan fingerprint density at radius 2 is 1.80 bits per heavy atom. The molecule has 4 heteroatoms. The molecular weight excluding hydrogens is 206 g/mol. The van der Waals surface area contributed by atoms with Crippen LogP contribution in [-0.4, -0.2) is 29.3 Å². The van der Waals surface area contributed by atoms with E-state index in [0.717, 1.165) is 29.8 Å². The second-order valence-corrected chi connectivity index (χ2v) is 4.71. The number of aromatic nitrogens is 2. The van der Waals surface area contributed by atoms with Gasteiger partial charge >= 0.3 is 0 Å². The van der Waals surface area contributed by atoms with Gasteiger partial charge in [0.2, 0.25) is 0 Å². The highest BCUT2D eigenvalue weighted by Crippen LogP contribution is 2.25. The monoisotopic (exact) mass is 223 g/mol. The number of anilines is 1. The minimum absolute atomic E-state index is 0.889. The number of rotatable bonds is 2. The summed E-state index contributed by atoms with van der Waals surface area (Å²) < 4.78 is 0. The third-order valence-corrected chi connectivity index (χ3v) is 3.48. The summed E-state index contributed by atoms with van der Waals surface area (Å²) in [6.07, 6.45) is 4.60. The lowest BCUT2D eigenvalue weighted by Gasteiger charge is -2.20. The van der Waals surface area contributed by atoms with Crippen LogP contribution >= 0.6 is 11.8 Å². The van der Waals surface area contributed by atoms with Crippen molar-refractivity contribution in [2.24, 2.45) is 0 Å². The van der Waals surface area contributed by atoms with Crippen molar-refractivity contribution in [3.05, 3.63) is 11.3 Å². The Hall–Kier alpha value is -0.770. The van der Waals surface area contributed by atoms with Crippen molar-refractivity contribution in [2.45, 2.75) is 31.8 Å². The molecule has 0 bridgehead atoms. The van der Waals surface area contributed by atoms with Crippen LogP contribution in [0.4, 0.5) is 5.82 Å². The highest BCUT2D eigenvalue weighted by Gasteiger charge is 2.17. The summed E-state index contributed by atoms with van der Waals surface area (Å²) >= 11 is 1.62. The van der Waals surface area contributed by atoms with Gasteiger partial charge in [-0.3, -0.25) is 0 Å². The first-order valence-corrected chi connectivity index (χ1v) is 6.59. The van der Waals surface area contributed by atoms with Crippen LogP contribution in [0.5, 0.6) is 0 Å². The van der Waals surface area contributed by atoms with Gasteiger partial charge in [0.1, 0.15) is 5.82 Å². The van der Waals surface area contributed by atoms with E-state index in [0.29, 0.717) is 0 Å². The molecule has 1 aliphatic rings. The van der Waals surface area contributed by atoms with Gasteiger partial charge in [-0.25, -0.2) is 9.97 Å². The molecule has 15 heavy (non-hydrogen) atoms. The first-order chi connectivity index (χ1) is 7.22. The molecule has 0 unspecified atom stereocenters. The van der Waals surface area contributed by atoms with Gasteiger partial charge in [0.15, 0.2) is 5.16 Å². The van der Waals surface area contributed by atoms with Gasteiger partial charge in [0, 0.05) is 24.3 Å². The maximum absolute atomic E-state index is 4.61. The van der Waals surface area contributed by atoms with Crippen molar-refractivity contribution < 1.29 is 0 Å². The Morgan fingerprint density at radius 1 is 1.13 bits per heavy atom. The number of thioether (sulfide) groups is 1. The van der Waals surface area contributed by atoms with Gasteiger partial charge in [0.25, 0.3) is 0 Å². The molecule has 0 amide bonds. The molecule has 1 aromatic rings. The summed E-state index contributed by atoms with van der Waals surface area (Å²) in [5, 5.41) is 0.889. The number of hydrogen-bond donors (Lipinski definition) is 0. The molecule has 1 saturated heterocycles. The van der Waals surface area contributed by atoms with Crippen LogP contribution in [0.3, 0.4) is 0 Å². The number of hydrogen-bond acceptors (Lipinski definition) is 4. The molecular formula is C11H17N3S. The predicted molar refractivity (Wildman–Crippen MR) is 64.7 cm³/mol. The largest absolute Gasteiger partial charge is 0.356 e.